The summed E-state index contributed by atoms with van der Waals surface area (Å²) >= 11 is 0. The fraction of sp³-hybridized carbons (Fsp3) is 0.667. The zero-order valence-corrected chi connectivity index (χ0v) is 6.19. The molecule has 0 spiro atoms. The molecular weight excluding hydrogens is 136 g/mol. The molecule has 0 aromatic rings. The normalized spacial score (nSPS) is 29.2. The van der Waals surface area contributed by atoms with Gasteiger partial charge < -0.3 is 4.74 Å². The molecule has 3 heteroatoms. The molecular formula is C6H10O2S. The van der Waals surface area contributed by atoms with E-state index in [0.29, 0.717) is 6.61 Å². The Morgan fingerprint density at radius 3 is 2.89 bits per heavy atom. The first-order chi connectivity index (χ1) is 4.30. The topological polar surface area (TPSA) is 26.3 Å². The van der Waals surface area contributed by atoms with Crippen LogP contribution in [0.1, 0.15) is 6.42 Å². The van der Waals surface area contributed by atoms with Crippen LogP contribution < -0.4 is 0 Å². The van der Waals surface area contributed by atoms with Gasteiger partial charge in [-0.25, -0.2) is 0 Å². The molecule has 9 heavy (non-hydrogen) atoms. The second kappa shape index (κ2) is 3.01. The lowest BCUT2D eigenvalue weighted by molar-refractivity contribution is 0.234. The van der Waals surface area contributed by atoms with Gasteiger partial charge in [0.25, 0.3) is 0 Å². The van der Waals surface area contributed by atoms with Crippen LogP contribution in [0.3, 0.4) is 0 Å². The molecule has 0 fully saturated rings. The van der Waals surface area contributed by atoms with Gasteiger partial charge in [0, 0.05) is 17.1 Å². The van der Waals surface area contributed by atoms with Gasteiger partial charge in [0.2, 0.25) is 0 Å². The van der Waals surface area contributed by atoms with Crippen LogP contribution in [-0.4, -0.2) is 22.3 Å². The maximum atomic E-state index is 10.8. The van der Waals surface area contributed by atoms with Crippen LogP contribution in [0, 0.1) is 0 Å². The van der Waals surface area contributed by atoms with Crippen molar-refractivity contribution in [1.82, 2.24) is 0 Å². The molecule has 52 valence electrons. The summed E-state index contributed by atoms with van der Waals surface area (Å²) in [4.78, 5) is 0. The molecule has 1 aliphatic rings. The molecule has 0 N–H and O–H groups in total. The van der Waals surface area contributed by atoms with E-state index in [1.54, 1.807) is 12.5 Å². The maximum absolute atomic E-state index is 10.8. The van der Waals surface area contributed by atoms with E-state index in [1.807, 2.05) is 6.08 Å². The average molecular weight is 146 g/mol. The van der Waals surface area contributed by atoms with Gasteiger partial charge in [-0.2, -0.15) is 0 Å². The van der Waals surface area contributed by atoms with Gasteiger partial charge in [-0.15, -0.1) is 0 Å². The molecule has 2 nitrogen and oxygen atoms in total. The minimum absolute atomic E-state index is 0.218. The lowest BCUT2D eigenvalue weighted by Crippen LogP contribution is -2.21. The fourth-order valence-electron chi connectivity index (χ4n) is 0.738. The molecule has 0 aromatic heterocycles. The number of rotatable bonds is 1. The molecule has 2 unspecified atom stereocenters. The van der Waals surface area contributed by atoms with Crippen LogP contribution in [0.4, 0.5) is 0 Å². The first-order valence-corrected chi connectivity index (χ1v) is 4.51. The summed E-state index contributed by atoms with van der Waals surface area (Å²) in [6.07, 6.45) is 6.19. The number of hydrogen-bond acceptors (Lipinski definition) is 2. The fourth-order valence-corrected chi connectivity index (χ4v) is 1.39. The van der Waals surface area contributed by atoms with Crippen LogP contribution in [0.15, 0.2) is 12.3 Å². The third kappa shape index (κ3) is 1.82. The predicted octanol–water partition coefficient (Wildman–Crippen LogP) is 0.668. The predicted molar refractivity (Wildman–Crippen MR) is 37.6 cm³/mol. The quantitative estimate of drug-likeness (QED) is 0.543. The summed E-state index contributed by atoms with van der Waals surface area (Å²) < 4.78 is 15.8. The monoisotopic (exact) mass is 146 g/mol. The smallest absolute Gasteiger partial charge is 0.102 e. The first-order valence-electron chi connectivity index (χ1n) is 2.89. The molecule has 0 amide bonds. The van der Waals surface area contributed by atoms with Gasteiger partial charge in [-0.3, -0.25) is 4.21 Å². The molecule has 0 bridgehead atoms. The van der Waals surface area contributed by atoms with Crippen molar-refractivity contribution < 1.29 is 8.95 Å². The van der Waals surface area contributed by atoms with Gasteiger partial charge >= 0.3 is 0 Å². The van der Waals surface area contributed by atoms with Crippen molar-refractivity contribution >= 4 is 10.8 Å². The maximum Gasteiger partial charge on any atom is 0.102 e. The minimum atomic E-state index is -0.728. The summed E-state index contributed by atoms with van der Waals surface area (Å²) in [5.41, 5.74) is 0. The molecule has 1 heterocycles. The van der Waals surface area contributed by atoms with Crippen molar-refractivity contribution in [2.75, 3.05) is 12.9 Å². The molecule has 1 aliphatic heterocycles. The Balaban J connectivity index is 2.44. The molecule has 0 aromatic carbocycles. The highest BCUT2D eigenvalue weighted by Gasteiger charge is 2.13. The zero-order chi connectivity index (χ0) is 6.69. The molecule has 0 saturated heterocycles. The second-order valence-electron chi connectivity index (χ2n) is 2.06. The molecule has 0 radical (unpaired) electrons. The van der Waals surface area contributed by atoms with Crippen molar-refractivity contribution in [2.24, 2.45) is 0 Å². The number of ether oxygens (including phenoxy) is 1. The highest BCUT2D eigenvalue weighted by molar-refractivity contribution is 7.84. The van der Waals surface area contributed by atoms with E-state index < -0.39 is 10.8 Å². The third-order valence-corrected chi connectivity index (χ3v) is 2.61. The minimum Gasteiger partial charge on any atom is -0.500 e. The van der Waals surface area contributed by atoms with Gasteiger partial charge in [-0.05, 0) is 12.5 Å². The Morgan fingerprint density at radius 2 is 2.56 bits per heavy atom. The van der Waals surface area contributed by atoms with Crippen molar-refractivity contribution in [3.63, 3.8) is 0 Å². The molecule has 1 rings (SSSR count). The van der Waals surface area contributed by atoms with Crippen LogP contribution in [0.5, 0.6) is 0 Å². The van der Waals surface area contributed by atoms with E-state index in [1.165, 1.54) is 0 Å². The standard InChI is InChI=1S/C6H10O2S/c1-9(7)6-3-2-4-8-5-6/h2,4,6H,3,5H2,1H3. The summed E-state index contributed by atoms with van der Waals surface area (Å²) in [5, 5.41) is 0.218. The first kappa shape index (κ1) is 6.81. The van der Waals surface area contributed by atoms with Gasteiger partial charge in [0.1, 0.15) is 6.61 Å². The van der Waals surface area contributed by atoms with Crippen molar-refractivity contribution in [1.29, 1.82) is 0 Å². The Bertz CT molecular complexity index is 142. The van der Waals surface area contributed by atoms with Crippen LogP contribution >= 0.6 is 0 Å². The Hall–Kier alpha value is -0.310. The second-order valence-corrected chi connectivity index (χ2v) is 3.73. The lowest BCUT2D eigenvalue weighted by Gasteiger charge is -2.14. The van der Waals surface area contributed by atoms with Gasteiger partial charge in [0.05, 0.1) is 11.5 Å². The van der Waals surface area contributed by atoms with Crippen LogP contribution in [-0.2, 0) is 15.5 Å². The van der Waals surface area contributed by atoms with E-state index in [2.05, 4.69) is 0 Å². The van der Waals surface area contributed by atoms with E-state index in [9.17, 15) is 4.21 Å². The van der Waals surface area contributed by atoms with Crippen molar-refractivity contribution in [2.45, 2.75) is 11.7 Å². The highest BCUT2D eigenvalue weighted by Crippen LogP contribution is 2.07. The summed E-state index contributed by atoms with van der Waals surface area (Å²) in [5.74, 6) is 0. The lowest BCUT2D eigenvalue weighted by atomic mass is 10.3. The molecule has 0 aliphatic carbocycles. The van der Waals surface area contributed by atoms with E-state index in [4.69, 9.17) is 4.74 Å². The van der Waals surface area contributed by atoms with Gasteiger partial charge in [0.15, 0.2) is 0 Å². The van der Waals surface area contributed by atoms with Crippen LogP contribution in [0.2, 0.25) is 0 Å². The average Bonchev–Trinajstić information content (AvgIpc) is 1.90. The summed E-state index contributed by atoms with van der Waals surface area (Å²) in [7, 11) is -0.728. The Labute approximate surface area is 57.4 Å². The Morgan fingerprint density at radius 1 is 1.78 bits per heavy atom. The largest absolute Gasteiger partial charge is 0.500 e. The van der Waals surface area contributed by atoms with Crippen molar-refractivity contribution in [3.05, 3.63) is 12.3 Å². The Kier molecular flexibility index (Phi) is 2.28. The summed E-state index contributed by atoms with van der Waals surface area (Å²) in [6, 6.07) is 0. The SMILES string of the molecule is CS(=O)C1CC=COC1. The molecule has 0 saturated carbocycles. The number of hydrogen-bond donors (Lipinski definition) is 0. The molecule has 2 atom stereocenters. The number of allylic oxidation sites excluding steroid dienone is 1. The van der Waals surface area contributed by atoms with E-state index >= 15 is 0 Å². The zero-order valence-electron chi connectivity index (χ0n) is 5.37. The van der Waals surface area contributed by atoms with E-state index in [0.717, 1.165) is 6.42 Å². The third-order valence-electron chi connectivity index (χ3n) is 1.34. The van der Waals surface area contributed by atoms with Crippen molar-refractivity contribution in [3.8, 4) is 0 Å². The van der Waals surface area contributed by atoms with Crippen LogP contribution in [0.25, 0.3) is 0 Å². The summed E-state index contributed by atoms with van der Waals surface area (Å²) in [6.45, 7) is 0.611. The van der Waals surface area contributed by atoms with Gasteiger partial charge in [-0.1, -0.05) is 0 Å². The van der Waals surface area contributed by atoms with E-state index in [-0.39, 0.29) is 5.25 Å². The highest BCUT2D eigenvalue weighted by atomic mass is 32.2.